The number of ketones is 1. The molecular formula is C17H15ClN2O5. The van der Waals surface area contributed by atoms with Gasteiger partial charge in [0.2, 0.25) is 6.54 Å². The quantitative estimate of drug-likeness (QED) is 0.451. The predicted molar refractivity (Wildman–Crippen MR) is 92.9 cm³/mol. The monoisotopic (exact) mass is 362 g/mol. The summed E-state index contributed by atoms with van der Waals surface area (Å²) in [6.07, 6.45) is 0. The van der Waals surface area contributed by atoms with Gasteiger partial charge < -0.3 is 0 Å². The van der Waals surface area contributed by atoms with E-state index in [9.17, 15) is 25.0 Å². The van der Waals surface area contributed by atoms with Gasteiger partial charge in [-0.05, 0) is 49.6 Å². The van der Waals surface area contributed by atoms with E-state index in [-0.39, 0.29) is 21.8 Å². The van der Waals surface area contributed by atoms with E-state index in [4.69, 9.17) is 11.6 Å². The van der Waals surface area contributed by atoms with Crippen LogP contribution in [-0.4, -0.2) is 15.6 Å². The fourth-order valence-electron chi connectivity index (χ4n) is 2.62. The second kappa shape index (κ2) is 6.98. The smallest absolute Gasteiger partial charge is 0.270 e. The number of nitro benzene ring substituents is 1. The minimum atomic E-state index is -0.628. The van der Waals surface area contributed by atoms with Crippen LogP contribution >= 0.6 is 11.6 Å². The minimum Gasteiger partial charge on any atom is -0.289 e. The van der Waals surface area contributed by atoms with Gasteiger partial charge in [0, 0.05) is 33.7 Å². The van der Waals surface area contributed by atoms with Crippen LogP contribution in [0.5, 0.6) is 0 Å². The largest absolute Gasteiger partial charge is 0.289 e. The molecule has 0 aliphatic heterocycles. The Morgan fingerprint density at radius 1 is 1.04 bits per heavy atom. The average Bonchev–Trinajstić information content (AvgIpc) is 2.54. The molecule has 0 heterocycles. The highest BCUT2D eigenvalue weighted by atomic mass is 35.5. The van der Waals surface area contributed by atoms with Crippen molar-refractivity contribution in [2.75, 3.05) is 0 Å². The second-order valence-corrected chi connectivity index (χ2v) is 6.12. The molecule has 0 atom stereocenters. The number of hydrogen-bond acceptors (Lipinski definition) is 5. The molecular weight excluding hydrogens is 348 g/mol. The van der Waals surface area contributed by atoms with Crippen LogP contribution in [0, 0.1) is 41.0 Å². The molecule has 0 saturated carbocycles. The molecule has 2 rings (SSSR count). The van der Waals surface area contributed by atoms with Crippen molar-refractivity contribution in [2.24, 2.45) is 0 Å². The van der Waals surface area contributed by atoms with Crippen molar-refractivity contribution in [1.82, 2.24) is 0 Å². The Kier molecular flexibility index (Phi) is 5.18. The first kappa shape index (κ1) is 18.5. The van der Waals surface area contributed by atoms with E-state index in [0.717, 1.165) is 17.2 Å². The summed E-state index contributed by atoms with van der Waals surface area (Å²) >= 11 is 6.04. The van der Waals surface area contributed by atoms with Gasteiger partial charge in [-0.25, -0.2) is 0 Å². The van der Waals surface area contributed by atoms with Crippen LogP contribution in [0.2, 0.25) is 5.02 Å². The molecule has 8 heteroatoms. The lowest BCUT2D eigenvalue weighted by molar-refractivity contribution is -0.496. The molecule has 130 valence electrons. The number of nitro groups is 2. The molecule has 0 N–H and O–H groups in total. The number of benzene rings is 2. The molecule has 2 aromatic carbocycles. The van der Waals surface area contributed by atoms with Gasteiger partial charge in [-0.3, -0.25) is 25.0 Å². The summed E-state index contributed by atoms with van der Waals surface area (Å²) in [5.74, 6) is -0.572. The van der Waals surface area contributed by atoms with Crippen LogP contribution < -0.4 is 0 Å². The van der Waals surface area contributed by atoms with Crippen molar-refractivity contribution >= 4 is 23.1 Å². The summed E-state index contributed by atoms with van der Waals surface area (Å²) < 4.78 is 0. The van der Waals surface area contributed by atoms with Gasteiger partial charge in [0.15, 0.2) is 5.78 Å². The predicted octanol–water partition coefficient (Wildman–Crippen LogP) is 4.18. The van der Waals surface area contributed by atoms with Crippen molar-refractivity contribution in [3.63, 3.8) is 0 Å². The first-order valence-electron chi connectivity index (χ1n) is 7.33. The Morgan fingerprint density at radius 2 is 1.68 bits per heavy atom. The Balaban J connectivity index is 2.69. The lowest BCUT2D eigenvalue weighted by Crippen LogP contribution is -2.13. The van der Waals surface area contributed by atoms with Gasteiger partial charge >= 0.3 is 0 Å². The Morgan fingerprint density at radius 3 is 2.24 bits per heavy atom. The zero-order valence-electron chi connectivity index (χ0n) is 13.8. The fourth-order valence-corrected chi connectivity index (χ4v) is 2.82. The molecule has 0 amide bonds. The first-order valence-corrected chi connectivity index (χ1v) is 7.71. The van der Waals surface area contributed by atoms with E-state index in [1.54, 1.807) is 19.9 Å². The molecule has 0 radical (unpaired) electrons. The molecule has 0 aliphatic rings. The molecule has 0 fully saturated rings. The van der Waals surface area contributed by atoms with Crippen LogP contribution in [0.3, 0.4) is 0 Å². The molecule has 25 heavy (non-hydrogen) atoms. The number of nitrogens with zero attached hydrogens (tertiary/aromatic N) is 2. The number of rotatable bonds is 5. The third kappa shape index (κ3) is 3.66. The zero-order chi connectivity index (χ0) is 18.9. The summed E-state index contributed by atoms with van der Waals surface area (Å²) in [5, 5.41) is 22.0. The summed E-state index contributed by atoms with van der Waals surface area (Å²) in [4.78, 5) is 33.8. The summed E-state index contributed by atoms with van der Waals surface area (Å²) in [7, 11) is 0. The highest BCUT2D eigenvalue weighted by Crippen LogP contribution is 2.29. The molecule has 2 aromatic rings. The maximum absolute atomic E-state index is 12.9. The first-order chi connectivity index (χ1) is 11.6. The van der Waals surface area contributed by atoms with E-state index in [1.165, 1.54) is 12.1 Å². The van der Waals surface area contributed by atoms with Crippen molar-refractivity contribution in [2.45, 2.75) is 27.3 Å². The van der Waals surface area contributed by atoms with Crippen LogP contribution in [-0.2, 0) is 6.54 Å². The van der Waals surface area contributed by atoms with E-state index < -0.39 is 22.2 Å². The molecule has 0 spiro atoms. The van der Waals surface area contributed by atoms with Gasteiger partial charge in [0.25, 0.3) is 5.69 Å². The number of non-ortho nitro benzene ring substituents is 1. The molecule has 0 aliphatic carbocycles. The van der Waals surface area contributed by atoms with E-state index in [0.29, 0.717) is 11.1 Å². The van der Waals surface area contributed by atoms with Gasteiger partial charge in [-0.15, -0.1) is 0 Å². The molecule has 0 bridgehead atoms. The van der Waals surface area contributed by atoms with Crippen LogP contribution in [0.4, 0.5) is 5.69 Å². The van der Waals surface area contributed by atoms with Crippen LogP contribution in [0.1, 0.15) is 38.2 Å². The Hall–Kier alpha value is -2.80. The normalized spacial score (nSPS) is 10.6. The standard InChI is InChI=1S/C17H15ClN2O5/c1-9-6-13(15(8-19(22)23)11(3)10(9)2)17(21)14-7-12(20(24)25)4-5-16(14)18/h4-7H,8H2,1-3H3. The summed E-state index contributed by atoms with van der Waals surface area (Å²) in [5.41, 5.74) is 2.42. The lowest BCUT2D eigenvalue weighted by Gasteiger charge is -2.14. The average molecular weight is 363 g/mol. The summed E-state index contributed by atoms with van der Waals surface area (Å²) in [6.45, 7) is 4.82. The highest BCUT2D eigenvalue weighted by molar-refractivity contribution is 6.35. The maximum Gasteiger partial charge on any atom is 0.270 e. The topological polar surface area (TPSA) is 103 Å². The Labute approximate surface area is 148 Å². The van der Waals surface area contributed by atoms with Gasteiger partial charge in [0.1, 0.15) is 0 Å². The van der Waals surface area contributed by atoms with Crippen molar-refractivity contribution < 1.29 is 14.6 Å². The maximum atomic E-state index is 12.9. The second-order valence-electron chi connectivity index (χ2n) is 5.71. The van der Waals surface area contributed by atoms with Gasteiger partial charge in [0.05, 0.1) is 9.95 Å². The van der Waals surface area contributed by atoms with Crippen molar-refractivity contribution in [1.29, 1.82) is 0 Å². The highest BCUT2D eigenvalue weighted by Gasteiger charge is 2.24. The fraction of sp³-hybridized carbons (Fsp3) is 0.235. The Bertz CT molecular complexity index is 908. The molecule has 0 aromatic heterocycles. The number of carbonyl (C=O) groups is 1. The number of hydrogen-bond donors (Lipinski definition) is 0. The number of carbonyl (C=O) groups excluding carboxylic acids is 1. The van der Waals surface area contributed by atoms with Crippen LogP contribution in [0.15, 0.2) is 24.3 Å². The number of halogens is 1. The molecule has 7 nitrogen and oxygen atoms in total. The van der Waals surface area contributed by atoms with Crippen LogP contribution in [0.25, 0.3) is 0 Å². The number of aryl methyl sites for hydroxylation is 1. The van der Waals surface area contributed by atoms with Crippen molar-refractivity contribution in [3.8, 4) is 0 Å². The van der Waals surface area contributed by atoms with E-state index in [1.807, 2.05) is 6.92 Å². The van der Waals surface area contributed by atoms with Gasteiger partial charge in [-0.2, -0.15) is 0 Å². The van der Waals surface area contributed by atoms with Gasteiger partial charge in [-0.1, -0.05) is 11.6 Å². The van der Waals surface area contributed by atoms with Crippen molar-refractivity contribution in [3.05, 3.63) is 82.9 Å². The van der Waals surface area contributed by atoms with E-state index in [2.05, 4.69) is 0 Å². The SMILES string of the molecule is Cc1cc(C(=O)c2cc([N+](=O)[O-])ccc2Cl)c(C[N+](=O)[O-])c(C)c1C. The third-order valence-corrected chi connectivity index (χ3v) is 4.56. The minimum absolute atomic E-state index is 0.0527. The van der Waals surface area contributed by atoms with E-state index >= 15 is 0 Å². The third-order valence-electron chi connectivity index (χ3n) is 4.23. The molecule has 0 unspecified atom stereocenters. The zero-order valence-corrected chi connectivity index (χ0v) is 14.6. The molecule has 0 saturated heterocycles. The lowest BCUT2D eigenvalue weighted by atomic mass is 9.89. The summed E-state index contributed by atoms with van der Waals surface area (Å²) in [6, 6.07) is 5.13.